The van der Waals surface area contributed by atoms with Gasteiger partial charge in [0.05, 0.1) is 12.2 Å². The van der Waals surface area contributed by atoms with Crippen LogP contribution >= 0.6 is 0 Å². The Hall–Kier alpha value is -0.420. The molecule has 3 aliphatic rings. The summed E-state index contributed by atoms with van der Waals surface area (Å²) in [6, 6.07) is 0. The van der Waals surface area contributed by atoms with Crippen molar-refractivity contribution >= 4 is 0 Å². The summed E-state index contributed by atoms with van der Waals surface area (Å²) in [6.45, 7) is 2.41. The Kier molecular flexibility index (Phi) is 5.78. The van der Waals surface area contributed by atoms with Gasteiger partial charge in [0.1, 0.15) is 0 Å². The summed E-state index contributed by atoms with van der Waals surface area (Å²) in [4.78, 5) is 10.2. The van der Waals surface area contributed by atoms with E-state index >= 15 is 0 Å². The average molecular weight is 322 g/mol. The van der Waals surface area contributed by atoms with Crippen molar-refractivity contribution in [1.29, 1.82) is 0 Å². The van der Waals surface area contributed by atoms with E-state index in [-0.39, 0.29) is 12.2 Å². The summed E-state index contributed by atoms with van der Waals surface area (Å²) in [5, 5.41) is 0. The van der Waals surface area contributed by atoms with Gasteiger partial charge in [-0.25, -0.2) is 11.8 Å². The van der Waals surface area contributed by atoms with E-state index in [0.29, 0.717) is 5.41 Å². The molecule has 4 N–H and O–H groups in total. The molecule has 0 aromatic heterocycles. The van der Waals surface area contributed by atoms with Crippen molar-refractivity contribution in [1.82, 2.24) is 0 Å². The van der Waals surface area contributed by atoms with Crippen LogP contribution in [0.5, 0.6) is 0 Å². The van der Waals surface area contributed by atoms with Crippen LogP contribution in [0.1, 0.15) is 77.6 Å². The highest BCUT2D eigenvalue weighted by Gasteiger charge is 2.45. The molecule has 0 spiro atoms. The van der Waals surface area contributed by atoms with Gasteiger partial charge < -0.3 is 9.68 Å². The van der Waals surface area contributed by atoms with Gasteiger partial charge in [0.15, 0.2) is 0 Å². The van der Waals surface area contributed by atoms with E-state index < -0.39 is 0 Å². The summed E-state index contributed by atoms with van der Waals surface area (Å²) < 4.78 is 0. The molecular weight excluding hydrogens is 288 g/mol. The quantitative estimate of drug-likeness (QED) is 0.606. The molecule has 4 nitrogen and oxygen atoms in total. The molecule has 0 heterocycles. The molecule has 1 unspecified atom stereocenters. The largest absolute Gasteiger partial charge is 0.301 e. The second kappa shape index (κ2) is 7.64. The lowest BCUT2D eigenvalue weighted by molar-refractivity contribution is -0.0121. The topological polar surface area (TPSA) is 70.5 Å². The Labute approximate surface area is 140 Å². The highest BCUT2D eigenvalue weighted by Crippen LogP contribution is 2.55. The summed E-state index contributed by atoms with van der Waals surface area (Å²) in [5.74, 6) is 12.5. The van der Waals surface area contributed by atoms with Gasteiger partial charge >= 0.3 is 0 Å². The molecule has 1 atom stereocenters. The predicted octanol–water partition coefficient (Wildman–Crippen LogP) is 4.00. The zero-order valence-electron chi connectivity index (χ0n) is 14.6. The summed E-state index contributed by atoms with van der Waals surface area (Å²) in [6.07, 6.45) is 16.5. The number of allylic oxidation sites excluding steroid dienone is 1. The third-order valence-electron chi connectivity index (χ3n) is 7.01. The van der Waals surface area contributed by atoms with Crippen molar-refractivity contribution in [2.45, 2.75) is 89.8 Å². The molecule has 0 amide bonds. The van der Waals surface area contributed by atoms with Gasteiger partial charge in [0.25, 0.3) is 0 Å². The molecular formula is C19H34N2O2. The molecule has 0 aromatic carbocycles. The van der Waals surface area contributed by atoms with Gasteiger partial charge in [-0.15, -0.1) is 0 Å². The molecule has 3 rings (SSSR count). The van der Waals surface area contributed by atoms with Crippen LogP contribution in [0, 0.1) is 17.3 Å². The van der Waals surface area contributed by atoms with Crippen LogP contribution in [-0.2, 0) is 9.68 Å². The van der Waals surface area contributed by atoms with Gasteiger partial charge in [-0.1, -0.05) is 18.6 Å². The first-order chi connectivity index (χ1) is 11.2. The van der Waals surface area contributed by atoms with Crippen molar-refractivity contribution in [3.8, 4) is 0 Å². The molecule has 0 saturated heterocycles. The minimum absolute atomic E-state index is 0.222. The van der Waals surface area contributed by atoms with Crippen LogP contribution in [0.15, 0.2) is 11.6 Å². The molecule has 0 radical (unpaired) electrons. The Morgan fingerprint density at radius 2 is 1.57 bits per heavy atom. The summed E-state index contributed by atoms with van der Waals surface area (Å²) >= 11 is 0. The molecule has 3 aliphatic carbocycles. The number of nitrogens with two attached hydrogens (primary N) is 2. The molecule has 0 bridgehead atoms. The third kappa shape index (κ3) is 3.65. The van der Waals surface area contributed by atoms with E-state index in [4.69, 9.17) is 21.5 Å². The average Bonchev–Trinajstić information content (AvgIpc) is 2.63. The van der Waals surface area contributed by atoms with Crippen molar-refractivity contribution in [2.24, 2.45) is 29.0 Å². The van der Waals surface area contributed by atoms with Gasteiger partial charge in [-0.2, -0.15) is 0 Å². The summed E-state index contributed by atoms with van der Waals surface area (Å²) in [7, 11) is 0. The fraction of sp³-hybridized carbons (Fsp3) is 0.895. The highest BCUT2D eigenvalue weighted by atomic mass is 16.6. The Balaban J connectivity index is 1.77. The van der Waals surface area contributed by atoms with Gasteiger partial charge in [-0.3, -0.25) is 0 Å². The van der Waals surface area contributed by atoms with Crippen LogP contribution in [-0.4, -0.2) is 12.2 Å². The lowest BCUT2D eigenvalue weighted by Crippen LogP contribution is -2.41. The highest BCUT2D eigenvalue weighted by molar-refractivity contribution is 5.21. The van der Waals surface area contributed by atoms with Crippen LogP contribution in [0.4, 0.5) is 0 Å². The van der Waals surface area contributed by atoms with Crippen molar-refractivity contribution in [3.63, 3.8) is 0 Å². The van der Waals surface area contributed by atoms with Gasteiger partial charge in [0.2, 0.25) is 0 Å². The van der Waals surface area contributed by atoms with Crippen LogP contribution < -0.4 is 11.8 Å². The van der Waals surface area contributed by atoms with E-state index in [1.165, 1.54) is 44.9 Å². The first-order valence-electron chi connectivity index (χ1n) is 9.58. The maximum atomic E-state index is 5.41. The van der Waals surface area contributed by atoms with Gasteiger partial charge in [0, 0.05) is 0 Å². The second-order valence-corrected chi connectivity index (χ2v) is 8.21. The normalized spacial score (nSPS) is 42.3. The molecule has 0 aromatic rings. The Bertz CT molecular complexity index is 408. The molecule has 2 saturated carbocycles. The number of hydrogen-bond acceptors (Lipinski definition) is 4. The maximum Gasteiger partial charge on any atom is 0.0824 e. The maximum absolute atomic E-state index is 5.41. The molecule has 2 fully saturated rings. The summed E-state index contributed by atoms with van der Waals surface area (Å²) in [5.41, 5.74) is 2.15. The third-order valence-corrected chi connectivity index (χ3v) is 7.01. The smallest absolute Gasteiger partial charge is 0.0824 e. The zero-order valence-corrected chi connectivity index (χ0v) is 14.6. The van der Waals surface area contributed by atoms with Crippen molar-refractivity contribution in [3.05, 3.63) is 11.6 Å². The van der Waals surface area contributed by atoms with Crippen LogP contribution in [0.25, 0.3) is 0 Å². The van der Waals surface area contributed by atoms with Crippen molar-refractivity contribution in [2.75, 3.05) is 0 Å². The first kappa shape index (κ1) is 17.4. The Morgan fingerprint density at radius 1 is 0.913 bits per heavy atom. The SMILES string of the molecule is CC1CCC(C2=CCC(ON)CC2)(C2CCC(ON)CC2)CC1. The van der Waals surface area contributed by atoms with Crippen LogP contribution in [0.3, 0.4) is 0 Å². The minimum Gasteiger partial charge on any atom is -0.301 e. The zero-order chi connectivity index (χ0) is 16.3. The van der Waals surface area contributed by atoms with Gasteiger partial charge in [-0.05, 0) is 87.9 Å². The second-order valence-electron chi connectivity index (χ2n) is 8.21. The standard InChI is InChI=1S/C19H34N2O2/c1-14-10-12-19(13-11-14,15-2-6-17(22-20)7-3-15)16-4-8-18(23-21)9-5-16/h2,14,16-18H,3-13,20-21H2,1H3. The van der Waals surface area contributed by atoms with E-state index in [2.05, 4.69) is 13.0 Å². The monoisotopic (exact) mass is 322 g/mol. The molecule has 0 aliphatic heterocycles. The van der Waals surface area contributed by atoms with Crippen LogP contribution in [0.2, 0.25) is 0 Å². The number of rotatable bonds is 4. The molecule has 132 valence electrons. The predicted molar refractivity (Wildman–Crippen MR) is 92.1 cm³/mol. The molecule has 4 heteroatoms. The van der Waals surface area contributed by atoms with E-state index in [1.54, 1.807) is 5.57 Å². The molecule has 23 heavy (non-hydrogen) atoms. The first-order valence-corrected chi connectivity index (χ1v) is 9.58. The van der Waals surface area contributed by atoms with E-state index in [9.17, 15) is 0 Å². The van der Waals surface area contributed by atoms with Crippen molar-refractivity contribution < 1.29 is 9.68 Å². The minimum atomic E-state index is 0.222. The number of hydrogen-bond donors (Lipinski definition) is 2. The fourth-order valence-corrected chi connectivity index (χ4v) is 5.41. The van der Waals surface area contributed by atoms with E-state index in [0.717, 1.165) is 37.5 Å². The lowest BCUT2D eigenvalue weighted by atomic mass is 9.55. The fourth-order valence-electron chi connectivity index (χ4n) is 5.41. The Morgan fingerprint density at radius 3 is 2.09 bits per heavy atom. The van der Waals surface area contributed by atoms with E-state index in [1.807, 2.05) is 0 Å². The lowest BCUT2D eigenvalue weighted by Gasteiger charge is -2.50.